The van der Waals surface area contributed by atoms with Crippen LogP contribution in [0.1, 0.15) is 16.1 Å². The third-order valence-corrected chi connectivity index (χ3v) is 5.15. The number of hydrogen-bond acceptors (Lipinski definition) is 5. The molecule has 0 atom stereocenters. The van der Waals surface area contributed by atoms with Gasteiger partial charge in [0.2, 0.25) is 0 Å². The first-order valence-corrected chi connectivity index (χ1v) is 8.67. The van der Waals surface area contributed by atoms with Crippen LogP contribution in [0.2, 0.25) is 9.36 Å². The highest BCUT2D eigenvalue weighted by atomic mass is 35.5. The van der Waals surface area contributed by atoms with Crippen LogP contribution in [-0.2, 0) is 11.3 Å². The first kappa shape index (κ1) is 16.7. The Balaban J connectivity index is 1.60. The zero-order chi connectivity index (χ0) is 16.2. The fourth-order valence-electron chi connectivity index (χ4n) is 2.30. The summed E-state index contributed by atoms with van der Waals surface area (Å²) in [5.41, 5.74) is 2.04. The number of carbonyl (C=O) groups excluding carboxylic acids is 1. The van der Waals surface area contributed by atoms with E-state index < -0.39 is 0 Å². The second-order valence-electron chi connectivity index (χ2n) is 5.16. The van der Waals surface area contributed by atoms with Gasteiger partial charge in [-0.2, -0.15) is 4.37 Å². The first-order valence-electron chi connectivity index (χ1n) is 7.14. The molecule has 2 aromatic rings. The van der Waals surface area contributed by atoms with Gasteiger partial charge in [0.25, 0.3) is 5.91 Å². The minimum atomic E-state index is -0.362. The normalized spacial score (nSPS) is 15.6. The van der Waals surface area contributed by atoms with Crippen molar-refractivity contribution in [1.29, 1.82) is 0 Å². The van der Waals surface area contributed by atoms with Gasteiger partial charge in [0.05, 0.1) is 13.2 Å². The quantitative estimate of drug-likeness (QED) is 0.892. The number of rotatable bonds is 4. The SMILES string of the molecule is O=C(Nc1ccc(CN2CCOCC2)cc1)c1nsc(Cl)c1Cl. The highest BCUT2D eigenvalue weighted by Crippen LogP contribution is 2.29. The topological polar surface area (TPSA) is 54.5 Å². The highest BCUT2D eigenvalue weighted by molar-refractivity contribution is 7.11. The standard InChI is InChI=1S/C15H15Cl2N3O2S/c16-12-13(19-23-14(12)17)15(21)18-11-3-1-10(2-4-11)9-20-5-7-22-8-6-20/h1-4H,5-9H2,(H,18,21). The summed E-state index contributed by atoms with van der Waals surface area (Å²) in [5, 5.41) is 2.96. The molecule has 122 valence electrons. The molecule has 2 heterocycles. The minimum Gasteiger partial charge on any atom is -0.379 e. The van der Waals surface area contributed by atoms with Crippen molar-refractivity contribution in [3.63, 3.8) is 0 Å². The zero-order valence-corrected chi connectivity index (χ0v) is 14.5. The predicted molar refractivity (Wildman–Crippen MR) is 92.6 cm³/mol. The third kappa shape index (κ3) is 4.22. The molecule has 1 saturated heterocycles. The van der Waals surface area contributed by atoms with Crippen LogP contribution in [0.4, 0.5) is 5.69 Å². The number of hydrogen-bond donors (Lipinski definition) is 1. The zero-order valence-electron chi connectivity index (χ0n) is 12.2. The molecule has 0 saturated carbocycles. The van der Waals surface area contributed by atoms with Crippen molar-refractivity contribution in [3.05, 3.63) is 44.9 Å². The Morgan fingerprint density at radius 1 is 1.26 bits per heavy atom. The number of carbonyl (C=O) groups is 1. The van der Waals surface area contributed by atoms with Crippen molar-refractivity contribution in [3.8, 4) is 0 Å². The number of benzene rings is 1. The number of halogens is 2. The lowest BCUT2D eigenvalue weighted by molar-refractivity contribution is 0.0342. The van der Waals surface area contributed by atoms with Crippen molar-refractivity contribution in [2.24, 2.45) is 0 Å². The summed E-state index contributed by atoms with van der Waals surface area (Å²) < 4.78 is 9.61. The van der Waals surface area contributed by atoms with Gasteiger partial charge >= 0.3 is 0 Å². The maximum Gasteiger partial charge on any atom is 0.276 e. The van der Waals surface area contributed by atoms with Crippen LogP contribution in [0.25, 0.3) is 0 Å². The Morgan fingerprint density at radius 2 is 1.96 bits per heavy atom. The van der Waals surface area contributed by atoms with E-state index in [0.717, 1.165) is 44.4 Å². The van der Waals surface area contributed by atoms with Crippen LogP contribution in [0, 0.1) is 0 Å². The van der Waals surface area contributed by atoms with E-state index in [1.54, 1.807) is 0 Å². The molecule has 1 aliphatic rings. The Kier molecular flexibility index (Phi) is 5.50. The number of morpholine rings is 1. The molecular weight excluding hydrogens is 357 g/mol. The summed E-state index contributed by atoms with van der Waals surface area (Å²) in [7, 11) is 0. The molecule has 23 heavy (non-hydrogen) atoms. The van der Waals surface area contributed by atoms with E-state index in [0.29, 0.717) is 10.0 Å². The number of nitrogens with zero attached hydrogens (tertiary/aromatic N) is 2. The van der Waals surface area contributed by atoms with Gasteiger partial charge in [-0.3, -0.25) is 9.69 Å². The minimum absolute atomic E-state index is 0.152. The average Bonchev–Trinajstić information content (AvgIpc) is 2.90. The summed E-state index contributed by atoms with van der Waals surface area (Å²) in [4.78, 5) is 14.5. The lowest BCUT2D eigenvalue weighted by Gasteiger charge is -2.26. The monoisotopic (exact) mass is 371 g/mol. The van der Waals surface area contributed by atoms with E-state index in [1.807, 2.05) is 24.3 Å². The summed E-state index contributed by atoms with van der Waals surface area (Å²) in [6.07, 6.45) is 0. The van der Waals surface area contributed by atoms with Crippen LogP contribution in [-0.4, -0.2) is 41.5 Å². The first-order chi connectivity index (χ1) is 11.1. The molecule has 1 fully saturated rings. The van der Waals surface area contributed by atoms with Crippen LogP contribution in [0.3, 0.4) is 0 Å². The molecule has 0 aliphatic carbocycles. The van der Waals surface area contributed by atoms with E-state index >= 15 is 0 Å². The summed E-state index contributed by atoms with van der Waals surface area (Å²) >= 11 is 12.8. The molecule has 8 heteroatoms. The van der Waals surface area contributed by atoms with E-state index in [1.165, 1.54) is 5.56 Å². The number of anilines is 1. The Hall–Kier alpha value is -1.18. The van der Waals surface area contributed by atoms with Gasteiger partial charge in [-0.15, -0.1) is 0 Å². The molecule has 1 aromatic heterocycles. The molecule has 5 nitrogen and oxygen atoms in total. The average molecular weight is 372 g/mol. The van der Waals surface area contributed by atoms with Crippen LogP contribution in [0.5, 0.6) is 0 Å². The van der Waals surface area contributed by atoms with Gasteiger partial charge in [0.15, 0.2) is 5.69 Å². The summed E-state index contributed by atoms with van der Waals surface area (Å²) in [5.74, 6) is -0.362. The van der Waals surface area contributed by atoms with Gasteiger partial charge in [0.1, 0.15) is 9.36 Å². The van der Waals surface area contributed by atoms with Crippen molar-refractivity contribution in [2.75, 3.05) is 31.6 Å². The Bertz CT molecular complexity index is 685. The number of ether oxygens (including phenoxy) is 1. The molecule has 0 unspecified atom stereocenters. The van der Waals surface area contributed by atoms with Crippen LogP contribution < -0.4 is 5.32 Å². The van der Waals surface area contributed by atoms with Gasteiger partial charge in [-0.1, -0.05) is 35.3 Å². The number of nitrogens with one attached hydrogen (secondary N) is 1. The maximum absolute atomic E-state index is 12.1. The predicted octanol–water partition coefficient (Wildman–Crippen LogP) is 3.53. The molecule has 0 spiro atoms. The van der Waals surface area contributed by atoms with Crippen molar-refractivity contribution < 1.29 is 9.53 Å². The smallest absolute Gasteiger partial charge is 0.276 e. The molecule has 1 aliphatic heterocycles. The van der Waals surface area contributed by atoms with Gasteiger partial charge in [-0.05, 0) is 29.2 Å². The number of amides is 1. The largest absolute Gasteiger partial charge is 0.379 e. The Labute approximate surface area is 148 Å². The second kappa shape index (κ2) is 7.59. The van der Waals surface area contributed by atoms with Gasteiger partial charge in [0, 0.05) is 25.3 Å². The fraction of sp³-hybridized carbons (Fsp3) is 0.333. The highest BCUT2D eigenvalue weighted by Gasteiger charge is 2.17. The fourth-order valence-corrected chi connectivity index (χ4v) is 3.30. The third-order valence-electron chi connectivity index (χ3n) is 3.53. The lowest BCUT2D eigenvalue weighted by atomic mass is 10.2. The van der Waals surface area contributed by atoms with E-state index in [-0.39, 0.29) is 16.6 Å². The summed E-state index contributed by atoms with van der Waals surface area (Å²) in [6.45, 7) is 4.34. The molecule has 1 N–H and O–H groups in total. The lowest BCUT2D eigenvalue weighted by Crippen LogP contribution is -2.35. The molecule has 0 bridgehead atoms. The van der Waals surface area contributed by atoms with E-state index in [9.17, 15) is 4.79 Å². The van der Waals surface area contributed by atoms with E-state index in [4.69, 9.17) is 27.9 Å². The van der Waals surface area contributed by atoms with Crippen molar-refractivity contribution in [1.82, 2.24) is 9.27 Å². The van der Waals surface area contributed by atoms with Crippen LogP contribution in [0.15, 0.2) is 24.3 Å². The summed E-state index contributed by atoms with van der Waals surface area (Å²) in [6, 6.07) is 7.74. The van der Waals surface area contributed by atoms with Crippen molar-refractivity contribution in [2.45, 2.75) is 6.54 Å². The van der Waals surface area contributed by atoms with Crippen LogP contribution >= 0.6 is 34.7 Å². The molecule has 3 rings (SSSR count). The molecule has 0 radical (unpaired) electrons. The Morgan fingerprint density at radius 3 is 2.57 bits per heavy atom. The molecular formula is C15H15Cl2N3O2S. The van der Waals surface area contributed by atoms with E-state index in [2.05, 4.69) is 14.6 Å². The maximum atomic E-state index is 12.1. The van der Waals surface area contributed by atoms with Gasteiger partial charge in [-0.25, -0.2) is 0 Å². The van der Waals surface area contributed by atoms with Crippen molar-refractivity contribution >= 4 is 46.3 Å². The molecule has 1 aromatic carbocycles. The second-order valence-corrected chi connectivity index (χ2v) is 6.91. The number of aromatic nitrogens is 1. The molecule has 1 amide bonds. The van der Waals surface area contributed by atoms with Gasteiger partial charge < -0.3 is 10.1 Å².